The van der Waals surface area contributed by atoms with Gasteiger partial charge in [0.1, 0.15) is 0 Å². The highest BCUT2D eigenvalue weighted by atomic mass is 15.0. The second-order valence-electron chi connectivity index (χ2n) is 6.19. The summed E-state index contributed by atoms with van der Waals surface area (Å²) in [4.78, 5) is 0. The summed E-state index contributed by atoms with van der Waals surface area (Å²) >= 11 is 0. The van der Waals surface area contributed by atoms with Crippen LogP contribution in [0.15, 0.2) is 24.3 Å². The zero-order chi connectivity index (χ0) is 13.0. The highest BCUT2D eigenvalue weighted by molar-refractivity contribution is 5.23. The van der Waals surface area contributed by atoms with E-state index in [0.717, 1.165) is 24.4 Å². The lowest BCUT2D eigenvalue weighted by molar-refractivity contribution is 0.599. The van der Waals surface area contributed by atoms with Gasteiger partial charge in [-0.15, -0.1) is 0 Å². The Morgan fingerprint density at radius 3 is 2.44 bits per heavy atom. The van der Waals surface area contributed by atoms with Crippen LogP contribution in [0.25, 0.3) is 0 Å². The standard InChI is InChI=1S/C17H27N/c1-4-5-16-11-17(16)18-12-15-8-6-14(7-9-15)10-13(2)3/h6-9,13,16-18H,4-5,10-12H2,1-3H3. The van der Waals surface area contributed by atoms with Crippen LogP contribution in [0.3, 0.4) is 0 Å². The van der Waals surface area contributed by atoms with Crippen molar-refractivity contribution in [2.24, 2.45) is 11.8 Å². The molecule has 100 valence electrons. The van der Waals surface area contributed by atoms with Crippen LogP contribution in [0, 0.1) is 11.8 Å². The van der Waals surface area contributed by atoms with Crippen LogP contribution < -0.4 is 5.32 Å². The molecule has 0 amide bonds. The van der Waals surface area contributed by atoms with E-state index in [0.29, 0.717) is 0 Å². The summed E-state index contributed by atoms with van der Waals surface area (Å²) in [6.45, 7) is 7.86. The maximum atomic E-state index is 3.67. The largest absolute Gasteiger partial charge is 0.310 e. The molecule has 1 aliphatic carbocycles. The van der Waals surface area contributed by atoms with E-state index in [4.69, 9.17) is 0 Å². The normalized spacial score (nSPS) is 22.4. The molecule has 1 N–H and O–H groups in total. The van der Waals surface area contributed by atoms with Gasteiger partial charge in [-0.05, 0) is 42.2 Å². The Balaban J connectivity index is 1.73. The Labute approximate surface area is 112 Å². The van der Waals surface area contributed by atoms with Crippen molar-refractivity contribution in [3.05, 3.63) is 35.4 Å². The summed E-state index contributed by atoms with van der Waals surface area (Å²) < 4.78 is 0. The van der Waals surface area contributed by atoms with Crippen LogP contribution in [0.4, 0.5) is 0 Å². The molecule has 1 aromatic carbocycles. The molecule has 1 aliphatic rings. The van der Waals surface area contributed by atoms with E-state index in [1.54, 1.807) is 0 Å². The van der Waals surface area contributed by atoms with E-state index >= 15 is 0 Å². The highest BCUT2D eigenvalue weighted by Gasteiger charge is 2.35. The highest BCUT2D eigenvalue weighted by Crippen LogP contribution is 2.34. The summed E-state index contributed by atoms with van der Waals surface area (Å²) in [5, 5.41) is 3.67. The number of hydrogen-bond donors (Lipinski definition) is 1. The SMILES string of the molecule is CCCC1CC1NCc1ccc(CC(C)C)cc1. The number of hydrogen-bond acceptors (Lipinski definition) is 1. The maximum Gasteiger partial charge on any atom is 0.0208 e. The van der Waals surface area contributed by atoms with Crippen LogP contribution in [-0.4, -0.2) is 6.04 Å². The van der Waals surface area contributed by atoms with Gasteiger partial charge in [-0.25, -0.2) is 0 Å². The number of rotatable bonds is 7. The average Bonchev–Trinajstić information content (AvgIpc) is 3.07. The predicted octanol–water partition coefficient (Wildman–Crippen LogP) is 4.16. The molecule has 0 bridgehead atoms. The van der Waals surface area contributed by atoms with Gasteiger partial charge in [-0.2, -0.15) is 0 Å². The fourth-order valence-electron chi connectivity index (χ4n) is 2.70. The van der Waals surface area contributed by atoms with Gasteiger partial charge in [-0.1, -0.05) is 51.5 Å². The van der Waals surface area contributed by atoms with Gasteiger partial charge in [-0.3, -0.25) is 0 Å². The summed E-state index contributed by atoms with van der Waals surface area (Å²) in [6, 6.07) is 9.92. The second-order valence-corrected chi connectivity index (χ2v) is 6.19. The average molecular weight is 245 g/mol. The molecule has 1 fully saturated rings. The van der Waals surface area contributed by atoms with Crippen molar-refractivity contribution in [3.8, 4) is 0 Å². The summed E-state index contributed by atoms with van der Waals surface area (Å²) in [5.74, 6) is 1.70. The van der Waals surface area contributed by atoms with Gasteiger partial charge < -0.3 is 5.32 Å². The van der Waals surface area contributed by atoms with Crippen molar-refractivity contribution in [1.82, 2.24) is 5.32 Å². The van der Waals surface area contributed by atoms with Crippen LogP contribution >= 0.6 is 0 Å². The molecule has 0 saturated heterocycles. The molecular weight excluding hydrogens is 218 g/mol. The van der Waals surface area contributed by atoms with E-state index in [1.165, 1.54) is 36.8 Å². The van der Waals surface area contributed by atoms with E-state index < -0.39 is 0 Å². The topological polar surface area (TPSA) is 12.0 Å². The Bertz CT molecular complexity index is 352. The summed E-state index contributed by atoms with van der Waals surface area (Å²) in [7, 11) is 0. The molecular formula is C17H27N. The molecule has 1 heteroatoms. The number of nitrogens with one attached hydrogen (secondary N) is 1. The van der Waals surface area contributed by atoms with E-state index in [2.05, 4.69) is 50.4 Å². The fourth-order valence-corrected chi connectivity index (χ4v) is 2.70. The lowest BCUT2D eigenvalue weighted by Gasteiger charge is -2.07. The lowest BCUT2D eigenvalue weighted by atomic mass is 10.0. The third-order valence-electron chi connectivity index (χ3n) is 3.82. The van der Waals surface area contributed by atoms with Gasteiger partial charge in [0, 0.05) is 12.6 Å². The molecule has 1 nitrogen and oxygen atoms in total. The third-order valence-corrected chi connectivity index (χ3v) is 3.82. The van der Waals surface area contributed by atoms with Crippen molar-refractivity contribution in [2.45, 2.75) is 59.0 Å². The molecule has 2 unspecified atom stereocenters. The van der Waals surface area contributed by atoms with Crippen molar-refractivity contribution in [1.29, 1.82) is 0 Å². The van der Waals surface area contributed by atoms with Crippen LogP contribution in [0.2, 0.25) is 0 Å². The van der Waals surface area contributed by atoms with Crippen molar-refractivity contribution < 1.29 is 0 Å². The van der Waals surface area contributed by atoms with Gasteiger partial charge in [0.2, 0.25) is 0 Å². The minimum Gasteiger partial charge on any atom is -0.310 e. The second kappa shape index (κ2) is 6.38. The van der Waals surface area contributed by atoms with Crippen LogP contribution in [0.1, 0.15) is 51.2 Å². The quantitative estimate of drug-likeness (QED) is 0.760. The molecule has 0 aliphatic heterocycles. The number of benzene rings is 1. The first kappa shape index (κ1) is 13.6. The molecule has 2 atom stereocenters. The van der Waals surface area contributed by atoms with Gasteiger partial charge >= 0.3 is 0 Å². The smallest absolute Gasteiger partial charge is 0.0208 e. The molecule has 0 radical (unpaired) electrons. The Hall–Kier alpha value is -0.820. The minimum atomic E-state index is 0.746. The maximum absolute atomic E-state index is 3.67. The zero-order valence-electron chi connectivity index (χ0n) is 12.1. The minimum absolute atomic E-state index is 0.746. The Morgan fingerprint density at radius 2 is 1.83 bits per heavy atom. The fraction of sp³-hybridized carbons (Fsp3) is 0.647. The van der Waals surface area contributed by atoms with Gasteiger partial charge in [0.25, 0.3) is 0 Å². The summed E-state index contributed by atoms with van der Waals surface area (Å²) in [5.41, 5.74) is 2.88. The van der Waals surface area contributed by atoms with Crippen LogP contribution in [0.5, 0.6) is 0 Å². The molecule has 1 saturated carbocycles. The first-order valence-electron chi connectivity index (χ1n) is 7.50. The molecule has 0 spiro atoms. The van der Waals surface area contributed by atoms with Gasteiger partial charge in [0.15, 0.2) is 0 Å². The van der Waals surface area contributed by atoms with Crippen molar-refractivity contribution in [3.63, 3.8) is 0 Å². The Morgan fingerprint density at radius 1 is 1.17 bits per heavy atom. The first-order valence-corrected chi connectivity index (χ1v) is 7.50. The van der Waals surface area contributed by atoms with Gasteiger partial charge in [0.05, 0.1) is 0 Å². The third kappa shape index (κ3) is 4.13. The lowest BCUT2D eigenvalue weighted by Crippen LogP contribution is -2.17. The molecule has 0 aromatic heterocycles. The van der Waals surface area contributed by atoms with E-state index in [-0.39, 0.29) is 0 Å². The van der Waals surface area contributed by atoms with Crippen molar-refractivity contribution in [2.75, 3.05) is 0 Å². The van der Waals surface area contributed by atoms with E-state index in [9.17, 15) is 0 Å². The molecule has 1 aromatic rings. The molecule has 2 rings (SSSR count). The molecule has 18 heavy (non-hydrogen) atoms. The summed E-state index contributed by atoms with van der Waals surface area (Å²) in [6.07, 6.45) is 5.30. The van der Waals surface area contributed by atoms with Crippen LogP contribution in [-0.2, 0) is 13.0 Å². The predicted molar refractivity (Wildman–Crippen MR) is 78.6 cm³/mol. The monoisotopic (exact) mass is 245 g/mol. The zero-order valence-corrected chi connectivity index (χ0v) is 12.1. The Kier molecular flexibility index (Phi) is 4.82. The first-order chi connectivity index (χ1) is 8.69. The van der Waals surface area contributed by atoms with E-state index in [1.807, 2.05) is 0 Å². The van der Waals surface area contributed by atoms with Crippen molar-refractivity contribution >= 4 is 0 Å². The molecule has 0 heterocycles.